The van der Waals surface area contributed by atoms with E-state index in [4.69, 9.17) is 0 Å². The lowest BCUT2D eigenvalue weighted by molar-refractivity contribution is -0.141. The quantitative estimate of drug-likeness (QED) is 0.632. The lowest BCUT2D eigenvalue weighted by Gasteiger charge is -2.14. The number of fused-ring (bicyclic) bond motifs is 1. The number of aryl methyl sites for hydroxylation is 2. The number of halogens is 3. The molecule has 154 valence electrons. The van der Waals surface area contributed by atoms with Crippen molar-refractivity contribution in [2.24, 2.45) is 7.05 Å². The smallest absolute Gasteiger partial charge is 0.328 e. The average Bonchev–Trinajstić information content (AvgIpc) is 2.98. The number of sulfone groups is 1. The summed E-state index contributed by atoms with van der Waals surface area (Å²) in [6.45, 7) is 3.14. The number of rotatable bonds is 5. The first-order valence-corrected chi connectivity index (χ1v) is 10.1. The third kappa shape index (κ3) is 3.69. The molecule has 0 saturated carbocycles. The van der Waals surface area contributed by atoms with Crippen LogP contribution in [0.3, 0.4) is 0 Å². The van der Waals surface area contributed by atoms with Gasteiger partial charge in [0.25, 0.3) is 0 Å². The Balaban J connectivity index is 2.32. The summed E-state index contributed by atoms with van der Waals surface area (Å²) in [5.41, 5.74) is 0.391. The van der Waals surface area contributed by atoms with E-state index in [9.17, 15) is 26.4 Å². The minimum Gasteiger partial charge on any atom is -0.328 e. The maximum Gasteiger partial charge on any atom is 0.433 e. The summed E-state index contributed by atoms with van der Waals surface area (Å²) < 4.78 is 65.7. The number of hydrogen-bond acceptors (Lipinski definition) is 5. The number of aromatic nitrogens is 3. The van der Waals surface area contributed by atoms with Crippen molar-refractivity contribution >= 4 is 33.0 Å². The Morgan fingerprint density at radius 2 is 1.93 bits per heavy atom. The normalized spacial score (nSPS) is 12.3. The molecule has 0 atom stereocenters. The van der Waals surface area contributed by atoms with Crippen LogP contribution >= 0.6 is 0 Å². The molecule has 2 aromatic heterocycles. The second-order valence-corrected chi connectivity index (χ2v) is 8.63. The first kappa shape index (κ1) is 20.8. The number of anilines is 1. The fourth-order valence-corrected chi connectivity index (χ4v) is 4.07. The number of alkyl halides is 3. The Kier molecular flexibility index (Phi) is 5.11. The van der Waals surface area contributed by atoms with E-state index in [0.717, 1.165) is 12.3 Å². The highest BCUT2D eigenvalue weighted by molar-refractivity contribution is 7.91. The molecule has 0 bridgehead atoms. The van der Waals surface area contributed by atoms with Gasteiger partial charge in [0.05, 0.1) is 27.9 Å². The summed E-state index contributed by atoms with van der Waals surface area (Å²) in [5, 5.41) is 2.45. The van der Waals surface area contributed by atoms with Gasteiger partial charge in [-0.15, -0.1) is 0 Å². The Bertz CT molecular complexity index is 1220. The molecule has 0 radical (unpaired) electrons. The van der Waals surface area contributed by atoms with Crippen LogP contribution in [0.15, 0.2) is 29.3 Å². The van der Waals surface area contributed by atoms with Crippen molar-refractivity contribution in [3.63, 3.8) is 0 Å². The highest BCUT2D eigenvalue weighted by Gasteiger charge is 2.33. The van der Waals surface area contributed by atoms with Crippen LogP contribution in [-0.4, -0.2) is 35.1 Å². The third-order valence-corrected chi connectivity index (χ3v) is 6.32. The van der Waals surface area contributed by atoms with Gasteiger partial charge < -0.3 is 9.88 Å². The van der Waals surface area contributed by atoms with Gasteiger partial charge >= 0.3 is 6.18 Å². The first-order valence-electron chi connectivity index (χ1n) is 8.47. The monoisotopic (exact) mass is 426 g/mol. The van der Waals surface area contributed by atoms with Crippen molar-refractivity contribution in [3.8, 4) is 11.4 Å². The van der Waals surface area contributed by atoms with Crippen LogP contribution in [0.2, 0.25) is 0 Å². The Labute approximate surface area is 164 Å². The fraction of sp³-hybridized carbons (Fsp3) is 0.278. The first-order chi connectivity index (χ1) is 13.5. The topological polar surface area (TPSA) is 93.9 Å². The van der Waals surface area contributed by atoms with Gasteiger partial charge in [-0.1, -0.05) is 6.92 Å². The van der Waals surface area contributed by atoms with E-state index in [1.54, 1.807) is 14.0 Å². The van der Waals surface area contributed by atoms with Crippen LogP contribution < -0.4 is 5.32 Å². The molecule has 0 unspecified atom stereocenters. The van der Waals surface area contributed by atoms with Crippen molar-refractivity contribution in [1.82, 2.24) is 14.5 Å². The van der Waals surface area contributed by atoms with Gasteiger partial charge in [0.2, 0.25) is 6.41 Å². The van der Waals surface area contributed by atoms with E-state index in [0.29, 0.717) is 23.2 Å². The van der Waals surface area contributed by atoms with E-state index in [1.165, 1.54) is 23.6 Å². The summed E-state index contributed by atoms with van der Waals surface area (Å²) in [7, 11) is -2.16. The van der Waals surface area contributed by atoms with Crippen molar-refractivity contribution in [1.29, 1.82) is 0 Å². The predicted molar refractivity (Wildman–Crippen MR) is 101 cm³/mol. The van der Waals surface area contributed by atoms with Crippen molar-refractivity contribution in [3.05, 3.63) is 35.7 Å². The largest absolute Gasteiger partial charge is 0.433 e. The van der Waals surface area contributed by atoms with Gasteiger partial charge in [-0.2, -0.15) is 13.2 Å². The number of carbonyl (C=O) groups excluding carboxylic acids is 1. The summed E-state index contributed by atoms with van der Waals surface area (Å²) in [4.78, 5) is 18.4. The van der Waals surface area contributed by atoms with E-state index < -0.39 is 21.7 Å². The molecule has 0 aliphatic carbocycles. The Morgan fingerprint density at radius 3 is 2.52 bits per heavy atom. The van der Waals surface area contributed by atoms with Crippen molar-refractivity contribution < 1.29 is 26.4 Å². The van der Waals surface area contributed by atoms with E-state index in [2.05, 4.69) is 15.3 Å². The number of amides is 1. The molecule has 1 N–H and O–H groups in total. The molecule has 0 aliphatic rings. The van der Waals surface area contributed by atoms with Gasteiger partial charge in [-0.3, -0.25) is 4.79 Å². The average molecular weight is 426 g/mol. The number of carbonyl (C=O) groups is 1. The lowest BCUT2D eigenvalue weighted by Crippen LogP contribution is -2.09. The summed E-state index contributed by atoms with van der Waals surface area (Å²) in [5.74, 6) is -0.0262. The zero-order chi connectivity index (χ0) is 21.6. The predicted octanol–water partition coefficient (Wildman–Crippen LogP) is 3.32. The molecule has 11 heteroatoms. The fourth-order valence-electron chi connectivity index (χ4n) is 2.98. The molecule has 7 nitrogen and oxygen atoms in total. The van der Waals surface area contributed by atoms with Crippen molar-refractivity contribution in [2.75, 3.05) is 11.1 Å². The second kappa shape index (κ2) is 7.14. The van der Waals surface area contributed by atoms with Crippen LogP contribution in [-0.2, 0) is 27.9 Å². The van der Waals surface area contributed by atoms with Crippen LogP contribution in [0.4, 0.5) is 18.9 Å². The number of benzene rings is 1. The molecule has 1 amide bonds. The summed E-state index contributed by atoms with van der Waals surface area (Å²) in [6, 6.07) is 3.69. The number of nitrogens with zero attached hydrogens (tertiary/aromatic N) is 3. The number of hydrogen-bond donors (Lipinski definition) is 1. The van der Waals surface area contributed by atoms with E-state index >= 15 is 0 Å². The molecular weight excluding hydrogens is 409 g/mol. The van der Waals surface area contributed by atoms with Gasteiger partial charge in [0.1, 0.15) is 11.5 Å². The van der Waals surface area contributed by atoms with E-state index in [1.807, 2.05) is 0 Å². The molecule has 1 aromatic carbocycles. The van der Waals surface area contributed by atoms with Crippen LogP contribution in [0.25, 0.3) is 22.4 Å². The van der Waals surface area contributed by atoms with Gasteiger partial charge in [0.15, 0.2) is 9.84 Å². The standard InChI is InChI=1S/C18H17F3N4O3S/c1-4-29(27,28)15-6-12(23-9-26)10(2)5-11(15)17-24-13-7-16(18(19,20)21)22-8-14(13)25(17)3/h5-9H,4H2,1-3H3,(H,23,26). The van der Waals surface area contributed by atoms with Gasteiger partial charge in [0, 0.05) is 18.3 Å². The molecule has 29 heavy (non-hydrogen) atoms. The van der Waals surface area contributed by atoms with Crippen molar-refractivity contribution in [2.45, 2.75) is 24.9 Å². The molecule has 3 rings (SSSR count). The van der Waals surface area contributed by atoms with Gasteiger partial charge in [-0.05, 0) is 30.7 Å². The highest BCUT2D eigenvalue weighted by Crippen LogP contribution is 2.35. The molecular formula is C18H17F3N4O3S. The van der Waals surface area contributed by atoms with Crippen LogP contribution in [0.5, 0.6) is 0 Å². The third-order valence-electron chi connectivity index (χ3n) is 4.55. The molecule has 0 fully saturated rings. The zero-order valence-corrected chi connectivity index (χ0v) is 16.5. The van der Waals surface area contributed by atoms with Crippen LogP contribution in [0.1, 0.15) is 18.2 Å². The van der Waals surface area contributed by atoms with Crippen LogP contribution in [0, 0.1) is 6.92 Å². The highest BCUT2D eigenvalue weighted by atomic mass is 32.2. The molecule has 0 saturated heterocycles. The number of nitrogens with one attached hydrogen (secondary N) is 1. The molecule has 2 heterocycles. The summed E-state index contributed by atoms with van der Waals surface area (Å²) >= 11 is 0. The second-order valence-electron chi connectivity index (χ2n) is 6.38. The summed E-state index contributed by atoms with van der Waals surface area (Å²) in [6.07, 6.45) is -3.14. The minimum atomic E-state index is -4.62. The maximum absolute atomic E-state index is 13.0. The number of imidazole rings is 1. The van der Waals surface area contributed by atoms with E-state index in [-0.39, 0.29) is 27.6 Å². The Hall–Kier alpha value is -2.95. The maximum atomic E-state index is 13.0. The molecule has 0 spiro atoms. The minimum absolute atomic E-state index is 0.0393. The Morgan fingerprint density at radius 1 is 1.24 bits per heavy atom. The SMILES string of the molecule is CCS(=O)(=O)c1cc(NC=O)c(C)cc1-c1nc2cc(C(F)(F)F)ncc2n1C. The zero-order valence-electron chi connectivity index (χ0n) is 15.7. The molecule has 0 aliphatic heterocycles. The van der Waals surface area contributed by atoms with Gasteiger partial charge in [-0.25, -0.2) is 18.4 Å². The lowest BCUT2D eigenvalue weighted by atomic mass is 10.1. The number of pyridine rings is 1. The molecule has 3 aromatic rings.